The van der Waals surface area contributed by atoms with Gasteiger partial charge in [-0.15, -0.1) is 0 Å². The van der Waals surface area contributed by atoms with Gasteiger partial charge in [0.15, 0.2) is 0 Å². The van der Waals surface area contributed by atoms with Crippen LogP contribution >= 0.6 is 0 Å². The Labute approximate surface area is 120 Å². The van der Waals surface area contributed by atoms with Gasteiger partial charge in [0.1, 0.15) is 5.60 Å². The van der Waals surface area contributed by atoms with Crippen molar-refractivity contribution < 1.29 is 97.5 Å². The average molecular weight is 386 g/mol. The van der Waals surface area contributed by atoms with Gasteiger partial charge in [0.25, 0.3) is 0 Å². The molecule has 48 valence electrons. The number of aliphatic hydroxyl groups excluding tert-OH is 2. The molecule has 0 aromatic rings. The number of rotatable bonds is 2. The molecule has 0 unspecified atom stereocenters. The molecular weight excluding hydrogens is 378 g/mol. The van der Waals surface area contributed by atoms with E-state index >= 15 is 0 Å². The van der Waals surface area contributed by atoms with Crippen molar-refractivity contribution in [2.45, 2.75) is 5.60 Å². The van der Waals surface area contributed by atoms with E-state index < -0.39 is 5.60 Å². The van der Waals surface area contributed by atoms with E-state index in [1.807, 2.05) is 0 Å². The molecule has 1 saturated heterocycles. The van der Waals surface area contributed by atoms with Crippen LogP contribution in [0.2, 0.25) is 0 Å². The molecule has 1 aliphatic rings. The molecule has 1 heterocycles. The molecule has 0 aromatic carbocycles. The van der Waals surface area contributed by atoms with Gasteiger partial charge in [-0.2, -0.15) is 0 Å². The molecule has 1 aliphatic heterocycles. The molecule has 1 rings (SSSR count). The van der Waals surface area contributed by atoms with Crippen LogP contribution in [0, 0.1) is 82.6 Å². The molecule has 5 heteroatoms. The van der Waals surface area contributed by atoms with E-state index in [9.17, 15) is 0 Å². The largest absolute Gasteiger partial charge is 0.393 e. The Kier molecular flexibility index (Phi) is 9.68. The number of aliphatic hydroxyl groups is 2. The Hall–Kier alpha value is 2.61. The molecule has 2 N–H and O–H groups in total. The number of hydrogen-bond donors (Lipinski definition) is 2. The van der Waals surface area contributed by atoms with Crippen molar-refractivity contribution in [2.75, 3.05) is 19.8 Å². The zero-order chi connectivity index (χ0) is 5.33. The summed E-state index contributed by atoms with van der Waals surface area (Å²) in [6.45, 7) is 0.368. The van der Waals surface area contributed by atoms with E-state index in [1.165, 1.54) is 0 Å². The number of hydrogen-bond acceptors (Lipinski definition) is 3. The minimum atomic E-state index is -0.556. The van der Waals surface area contributed by atoms with Gasteiger partial charge in [0.05, 0.1) is 19.8 Å². The predicted octanol–water partition coefficient (Wildman–Crippen LogP) is -1.26. The molecule has 0 amide bonds. The summed E-state index contributed by atoms with van der Waals surface area (Å²) in [4.78, 5) is 0. The summed E-state index contributed by atoms with van der Waals surface area (Å²) >= 11 is 0. The van der Waals surface area contributed by atoms with Gasteiger partial charge in [-0.1, -0.05) is 0 Å². The Morgan fingerprint density at radius 1 is 1.22 bits per heavy atom. The first-order chi connectivity index (χ1) is 3.33. The average Bonchev–Trinajstić information content (AvgIpc) is 2.46. The molecule has 9 heavy (non-hydrogen) atoms. The van der Waals surface area contributed by atoms with Gasteiger partial charge in [-0.3, -0.25) is 0 Å². The van der Waals surface area contributed by atoms with Crippen LogP contribution in [-0.4, -0.2) is 35.6 Å². The van der Waals surface area contributed by atoms with Gasteiger partial charge in [0.2, 0.25) is 0 Å². The first-order valence-corrected chi connectivity index (χ1v) is 2.19. The standard InChI is InChI=1S/C4H8O3.2Pr/c5-1-4(2-6)3-7-4;;/h5-6H,1-3H2;;. The minimum absolute atomic E-state index is 0. The van der Waals surface area contributed by atoms with Crippen LogP contribution in [0.15, 0.2) is 0 Å². The molecule has 3 nitrogen and oxygen atoms in total. The SMILES string of the molecule is OCC1(CO)CO1.[Pr].[Pr]. The second-order valence-corrected chi connectivity index (χ2v) is 1.79. The summed E-state index contributed by atoms with van der Waals surface area (Å²) in [5.74, 6) is 0. The molecule has 0 bridgehead atoms. The maximum atomic E-state index is 8.37. The third-order valence-electron chi connectivity index (χ3n) is 1.13. The van der Waals surface area contributed by atoms with Crippen LogP contribution in [0.4, 0.5) is 0 Å². The van der Waals surface area contributed by atoms with Crippen LogP contribution in [0.1, 0.15) is 0 Å². The number of ether oxygens (including phenoxy) is 1. The third kappa shape index (κ3) is 4.24. The van der Waals surface area contributed by atoms with Crippen LogP contribution < -0.4 is 0 Å². The molecule has 0 saturated carbocycles. The van der Waals surface area contributed by atoms with Crippen molar-refractivity contribution in [1.82, 2.24) is 0 Å². The topological polar surface area (TPSA) is 53.0 Å². The Bertz CT molecular complexity index is 68.2. The smallest absolute Gasteiger partial charge is 0.137 e. The third-order valence-corrected chi connectivity index (χ3v) is 1.13. The Balaban J connectivity index is 0. The van der Waals surface area contributed by atoms with Crippen molar-refractivity contribution in [3.05, 3.63) is 0 Å². The van der Waals surface area contributed by atoms with Crippen molar-refractivity contribution in [3.63, 3.8) is 0 Å². The van der Waals surface area contributed by atoms with Crippen molar-refractivity contribution in [3.8, 4) is 0 Å². The molecular formula is C4H8O3Pr2. The van der Waals surface area contributed by atoms with Gasteiger partial charge in [-0.05, 0) is 0 Å². The van der Waals surface area contributed by atoms with Crippen molar-refractivity contribution in [1.29, 1.82) is 0 Å². The van der Waals surface area contributed by atoms with E-state index in [-0.39, 0.29) is 95.8 Å². The zero-order valence-electron chi connectivity index (χ0n) is 5.08. The van der Waals surface area contributed by atoms with Crippen molar-refractivity contribution >= 4 is 0 Å². The van der Waals surface area contributed by atoms with E-state index in [0.29, 0.717) is 6.61 Å². The summed E-state index contributed by atoms with van der Waals surface area (Å²) in [5, 5.41) is 16.7. The van der Waals surface area contributed by atoms with E-state index in [4.69, 9.17) is 14.9 Å². The molecule has 2 radical (unpaired) electrons. The second kappa shape index (κ2) is 6.16. The van der Waals surface area contributed by atoms with Crippen LogP contribution in [0.5, 0.6) is 0 Å². The van der Waals surface area contributed by atoms with Gasteiger partial charge in [-0.25, -0.2) is 0 Å². The Morgan fingerprint density at radius 3 is 1.56 bits per heavy atom. The van der Waals surface area contributed by atoms with Crippen LogP contribution in [0.25, 0.3) is 0 Å². The van der Waals surface area contributed by atoms with E-state index in [0.717, 1.165) is 0 Å². The fourth-order valence-corrected chi connectivity index (χ4v) is 0.335. The monoisotopic (exact) mass is 386 g/mol. The first-order valence-electron chi connectivity index (χ1n) is 2.19. The summed E-state index contributed by atoms with van der Waals surface area (Å²) in [6, 6.07) is 0. The minimum Gasteiger partial charge on any atom is -0.393 e. The quantitative estimate of drug-likeness (QED) is 0.583. The van der Waals surface area contributed by atoms with Gasteiger partial charge >= 0.3 is 0 Å². The van der Waals surface area contributed by atoms with Crippen LogP contribution in [0.3, 0.4) is 0 Å². The molecule has 0 aromatic heterocycles. The first kappa shape index (κ1) is 14.1. The van der Waals surface area contributed by atoms with Crippen LogP contribution in [-0.2, 0) is 4.74 Å². The molecule has 0 aliphatic carbocycles. The summed E-state index contributed by atoms with van der Waals surface area (Å²) in [5.41, 5.74) is -0.556. The maximum Gasteiger partial charge on any atom is 0.137 e. The maximum absolute atomic E-state index is 8.37. The normalized spacial score (nSPS) is 19.3. The van der Waals surface area contributed by atoms with E-state index in [2.05, 4.69) is 0 Å². The summed E-state index contributed by atoms with van der Waals surface area (Å²) in [7, 11) is 0. The Morgan fingerprint density at radius 2 is 1.56 bits per heavy atom. The van der Waals surface area contributed by atoms with E-state index in [1.54, 1.807) is 0 Å². The van der Waals surface area contributed by atoms with Gasteiger partial charge in [0, 0.05) is 82.6 Å². The fraction of sp³-hybridized carbons (Fsp3) is 1.00. The number of epoxide rings is 1. The summed E-state index contributed by atoms with van der Waals surface area (Å²) in [6.07, 6.45) is 0. The predicted molar refractivity (Wildman–Crippen MR) is 22.9 cm³/mol. The fourth-order valence-electron chi connectivity index (χ4n) is 0.335. The second-order valence-electron chi connectivity index (χ2n) is 1.79. The molecule has 1 fully saturated rings. The van der Waals surface area contributed by atoms with Gasteiger partial charge < -0.3 is 14.9 Å². The summed E-state index contributed by atoms with van der Waals surface area (Å²) < 4.78 is 4.69. The molecule has 0 spiro atoms. The van der Waals surface area contributed by atoms with Crippen molar-refractivity contribution in [2.24, 2.45) is 0 Å². The molecule has 0 atom stereocenters. The zero-order valence-corrected chi connectivity index (χ0v) is 12.5.